The van der Waals surface area contributed by atoms with Gasteiger partial charge in [-0.15, -0.1) is 0 Å². The molecular formula is C12H15NO3. The standard InChI is InChI=1S/C12H15NO3/c1-9(2)6-12(14)8-10-4-3-5-11(7-10)13(15)16/h3-5,7,9H,6,8H2,1-2H3. The largest absolute Gasteiger partial charge is 0.299 e. The highest BCUT2D eigenvalue weighted by Crippen LogP contribution is 2.14. The van der Waals surface area contributed by atoms with Gasteiger partial charge in [-0.2, -0.15) is 0 Å². The maximum atomic E-state index is 11.5. The summed E-state index contributed by atoms with van der Waals surface area (Å²) in [7, 11) is 0. The van der Waals surface area contributed by atoms with Gasteiger partial charge in [-0.3, -0.25) is 14.9 Å². The molecule has 0 atom stereocenters. The second-order valence-electron chi connectivity index (χ2n) is 4.24. The summed E-state index contributed by atoms with van der Waals surface area (Å²) in [5.41, 5.74) is 0.745. The minimum atomic E-state index is -0.448. The van der Waals surface area contributed by atoms with Crippen molar-refractivity contribution in [1.29, 1.82) is 0 Å². The summed E-state index contributed by atoms with van der Waals surface area (Å²) in [5.74, 6) is 0.446. The van der Waals surface area contributed by atoms with Gasteiger partial charge in [-0.1, -0.05) is 26.0 Å². The lowest BCUT2D eigenvalue weighted by molar-refractivity contribution is -0.384. The van der Waals surface area contributed by atoms with Gasteiger partial charge in [0.25, 0.3) is 5.69 Å². The van der Waals surface area contributed by atoms with Crippen molar-refractivity contribution >= 4 is 11.5 Å². The number of nitrogens with zero attached hydrogens (tertiary/aromatic N) is 1. The molecule has 4 nitrogen and oxygen atoms in total. The normalized spacial score (nSPS) is 10.4. The third-order valence-corrected chi connectivity index (χ3v) is 2.16. The molecule has 0 saturated carbocycles. The van der Waals surface area contributed by atoms with Crippen LogP contribution < -0.4 is 0 Å². The smallest absolute Gasteiger partial charge is 0.269 e. The fraction of sp³-hybridized carbons (Fsp3) is 0.417. The Morgan fingerprint density at radius 2 is 2.12 bits per heavy atom. The molecule has 1 aromatic rings. The van der Waals surface area contributed by atoms with E-state index in [2.05, 4.69) is 0 Å². The van der Waals surface area contributed by atoms with Crippen molar-refractivity contribution in [1.82, 2.24) is 0 Å². The maximum Gasteiger partial charge on any atom is 0.269 e. The van der Waals surface area contributed by atoms with Crippen molar-refractivity contribution in [2.24, 2.45) is 5.92 Å². The van der Waals surface area contributed by atoms with Crippen molar-refractivity contribution in [3.63, 3.8) is 0 Å². The molecule has 0 saturated heterocycles. The molecule has 4 heteroatoms. The molecule has 16 heavy (non-hydrogen) atoms. The predicted molar refractivity (Wildman–Crippen MR) is 61.3 cm³/mol. The van der Waals surface area contributed by atoms with Crippen LogP contribution in [0.1, 0.15) is 25.8 Å². The van der Waals surface area contributed by atoms with Crippen molar-refractivity contribution in [3.05, 3.63) is 39.9 Å². The van der Waals surface area contributed by atoms with E-state index >= 15 is 0 Å². The van der Waals surface area contributed by atoms with Gasteiger partial charge in [-0.05, 0) is 11.5 Å². The van der Waals surface area contributed by atoms with Crippen LogP contribution in [0.25, 0.3) is 0 Å². The molecule has 0 bridgehead atoms. The number of benzene rings is 1. The molecule has 0 N–H and O–H groups in total. The highest BCUT2D eigenvalue weighted by Gasteiger charge is 2.10. The van der Waals surface area contributed by atoms with Crippen LogP contribution >= 0.6 is 0 Å². The molecule has 0 unspecified atom stereocenters. The van der Waals surface area contributed by atoms with Crippen LogP contribution in [0.2, 0.25) is 0 Å². The van der Waals surface area contributed by atoms with Gasteiger partial charge in [0.1, 0.15) is 5.78 Å². The minimum Gasteiger partial charge on any atom is -0.299 e. The van der Waals surface area contributed by atoms with Crippen LogP contribution in [0.5, 0.6) is 0 Å². The van der Waals surface area contributed by atoms with E-state index in [1.165, 1.54) is 12.1 Å². The molecule has 0 aliphatic heterocycles. The molecular weight excluding hydrogens is 206 g/mol. The van der Waals surface area contributed by atoms with Crippen LogP contribution in [0.4, 0.5) is 5.69 Å². The lowest BCUT2D eigenvalue weighted by Crippen LogP contribution is -2.06. The number of ketones is 1. The predicted octanol–water partition coefficient (Wildman–Crippen LogP) is 2.75. The van der Waals surface area contributed by atoms with Gasteiger partial charge in [-0.25, -0.2) is 0 Å². The number of hydrogen-bond acceptors (Lipinski definition) is 3. The molecule has 0 aliphatic rings. The number of nitro benzene ring substituents is 1. The average molecular weight is 221 g/mol. The van der Waals surface area contributed by atoms with E-state index in [1.54, 1.807) is 12.1 Å². The Labute approximate surface area is 94.4 Å². The monoisotopic (exact) mass is 221 g/mol. The van der Waals surface area contributed by atoms with Crippen molar-refractivity contribution in [2.75, 3.05) is 0 Å². The van der Waals surface area contributed by atoms with Crippen LogP contribution in [0, 0.1) is 16.0 Å². The number of carbonyl (C=O) groups excluding carboxylic acids is 1. The summed E-state index contributed by atoms with van der Waals surface area (Å²) >= 11 is 0. The highest BCUT2D eigenvalue weighted by atomic mass is 16.6. The molecule has 1 aromatic carbocycles. The fourth-order valence-electron chi connectivity index (χ4n) is 1.54. The van der Waals surface area contributed by atoms with E-state index in [4.69, 9.17) is 0 Å². The van der Waals surface area contributed by atoms with Crippen LogP contribution in [-0.2, 0) is 11.2 Å². The number of non-ortho nitro benzene ring substituents is 1. The Hall–Kier alpha value is -1.71. The first-order valence-corrected chi connectivity index (χ1v) is 5.24. The van der Waals surface area contributed by atoms with Gasteiger partial charge in [0.05, 0.1) is 4.92 Å². The van der Waals surface area contributed by atoms with Crippen LogP contribution in [0.3, 0.4) is 0 Å². The van der Waals surface area contributed by atoms with Crippen molar-refractivity contribution < 1.29 is 9.72 Å². The average Bonchev–Trinajstić information content (AvgIpc) is 2.16. The second-order valence-corrected chi connectivity index (χ2v) is 4.24. The maximum absolute atomic E-state index is 11.5. The van der Waals surface area contributed by atoms with Gasteiger partial charge in [0.15, 0.2) is 0 Å². The quantitative estimate of drug-likeness (QED) is 0.567. The number of Topliss-reactive ketones (excluding diaryl/α,β-unsaturated/α-hetero) is 1. The molecule has 0 fully saturated rings. The zero-order valence-corrected chi connectivity index (χ0v) is 9.47. The van der Waals surface area contributed by atoms with E-state index in [9.17, 15) is 14.9 Å². The first-order valence-electron chi connectivity index (χ1n) is 5.24. The zero-order valence-electron chi connectivity index (χ0n) is 9.47. The van der Waals surface area contributed by atoms with E-state index in [-0.39, 0.29) is 17.9 Å². The van der Waals surface area contributed by atoms with Crippen molar-refractivity contribution in [3.8, 4) is 0 Å². The Morgan fingerprint density at radius 1 is 1.44 bits per heavy atom. The lowest BCUT2D eigenvalue weighted by Gasteiger charge is -2.03. The van der Waals surface area contributed by atoms with E-state index in [0.717, 1.165) is 0 Å². The molecule has 0 heterocycles. The molecule has 0 aromatic heterocycles. The number of hydrogen-bond donors (Lipinski definition) is 0. The molecule has 1 rings (SSSR count). The Balaban J connectivity index is 2.70. The van der Waals surface area contributed by atoms with Crippen LogP contribution in [-0.4, -0.2) is 10.7 Å². The molecule has 86 valence electrons. The topological polar surface area (TPSA) is 60.2 Å². The van der Waals surface area contributed by atoms with E-state index in [1.807, 2.05) is 13.8 Å². The first-order chi connectivity index (χ1) is 7.49. The third-order valence-electron chi connectivity index (χ3n) is 2.16. The molecule has 0 amide bonds. The fourth-order valence-corrected chi connectivity index (χ4v) is 1.54. The number of rotatable bonds is 5. The zero-order chi connectivity index (χ0) is 12.1. The number of carbonyl (C=O) groups is 1. The van der Waals surface area contributed by atoms with Gasteiger partial charge < -0.3 is 0 Å². The summed E-state index contributed by atoms with van der Waals surface area (Å²) in [4.78, 5) is 21.6. The summed E-state index contributed by atoms with van der Waals surface area (Å²) in [6.07, 6.45) is 0.794. The molecule has 0 radical (unpaired) electrons. The molecule has 0 spiro atoms. The van der Waals surface area contributed by atoms with Gasteiger partial charge >= 0.3 is 0 Å². The SMILES string of the molecule is CC(C)CC(=O)Cc1cccc([N+](=O)[O-])c1. The third kappa shape index (κ3) is 3.81. The van der Waals surface area contributed by atoms with Gasteiger partial charge in [0, 0.05) is 25.0 Å². The number of nitro groups is 1. The summed E-state index contributed by atoms with van der Waals surface area (Å²) in [6.45, 7) is 3.96. The lowest BCUT2D eigenvalue weighted by atomic mass is 10.0. The Kier molecular flexibility index (Phi) is 4.17. The minimum absolute atomic E-state index is 0.0369. The Morgan fingerprint density at radius 3 is 2.69 bits per heavy atom. The Bertz CT molecular complexity index is 399. The highest BCUT2D eigenvalue weighted by molar-refractivity contribution is 5.81. The van der Waals surface area contributed by atoms with Crippen LogP contribution in [0.15, 0.2) is 24.3 Å². The second kappa shape index (κ2) is 5.39. The summed E-state index contributed by atoms with van der Waals surface area (Å²) in [5, 5.41) is 10.5. The first kappa shape index (κ1) is 12.4. The van der Waals surface area contributed by atoms with Crippen molar-refractivity contribution in [2.45, 2.75) is 26.7 Å². The van der Waals surface area contributed by atoms with E-state index < -0.39 is 4.92 Å². The van der Waals surface area contributed by atoms with Gasteiger partial charge in [0.2, 0.25) is 0 Å². The van der Waals surface area contributed by atoms with E-state index in [0.29, 0.717) is 17.9 Å². The summed E-state index contributed by atoms with van der Waals surface area (Å²) < 4.78 is 0. The summed E-state index contributed by atoms with van der Waals surface area (Å²) in [6, 6.07) is 6.23. The molecule has 0 aliphatic carbocycles.